The first-order chi connectivity index (χ1) is 17.4. The molecule has 2 aliphatic rings. The summed E-state index contributed by atoms with van der Waals surface area (Å²) < 4.78 is 27.7. The van der Waals surface area contributed by atoms with Gasteiger partial charge in [0, 0.05) is 22.6 Å². The summed E-state index contributed by atoms with van der Waals surface area (Å²) in [5.74, 6) is -0.384. The first kappa shape index (κ1) is 22.4. The lowest BCUT2D eigenvalue weighted by Gasteiger charge is -2.31. The highest BCUT2D eigenvalue weighted by Crippen LogP contribution is 2.38. The number of aliphatic hydroxyl groups is 1. The molecular weight excluding hydrogens is 465 g/mol. The van der Waals surface area contributed by atoms with E-state index < -0.39 is 11.6 Å². The summed E-state index contributed by atoms with van der Waals surface area (Å²) in [6.07, 6.45) is 3.29. The number of esters is 1. The van der Waals surface area contributed by atoms with Crippen molar-refractivity contribution in [3.05, 3.63) is 87.7 Å². The van der Waals surface area contributed by atoms with E-state index in [1.54, 1.807) is 34.4 Å². The SMILES string of the molecule is CC[C@@]1(O)C(=O)OCc2c1cc1n(c2=O)Cc2cc3cc(OCC[n+]4cccc(F)c4)ccc3nc2-1. The molecule has 8 nitrogen and oxygen atoms in total. The Hall–Kier alpha value is -4.11. The van der Waals surface area contributed by atoms with Crippen LogP contribution in [-0.4, -0.2) is 27.2 Å². The Kier molecular flexibility index (Phi) is 5.11. The van der Waals surface area contributed by atoms with Gasteiger partial charge < -0.3 is 19.1 Å². The van der Waals surface area contributed by atoms with Gasteiger partial charge >= 0.3 is 5.97 Å². The molecule has 1 atom stereocenters. The smallest absolute Gasteiger partial charge is 0.343 e. The molecule has 0 spiro atoms. The normalized spacial score (nSPS) is 17.9. The molecular formula is C27H23FN3O5+. The van der Waals surface area contributed by atoms with Crippen molar-refractivity contribution >= 4 is 16.9 Å². The molecule has 4 aromatic rings. The Morgan fingerprint density at radius 2 is 2.11 bits per heavy atom. The van der Waals surface area contributed by atoms with Crippen molar-refractivity contribution < 1.29 is 28.3 Å². The van der Waals surface area contributed by atoms with E-state index in [1.165, 1.54) is 12.3 Å². The van der Waals surface area contributed by atoms with Gasteiger partial charge in [-0.1, -0.05) is 6.92 Å². The van der Waals surface area contributed by atoms with Gasteiger partial charge in [-0.3, -0.25) is 4.79 Å². The van der Waals surface area contributed by atoms with Crippen molar-refractivity contribution in [3.63, 3.8) is 0 Å². The lowest BCUT2D eigenvalue weighted by atomic mass is 9.86. The van der Waals surface area contributed by atoms with Gasteiger partial charge in [0.05, 0.1) is 29.0 Å². The van der Waals surface area contributed by atoms with Crippen LogP contribution in [0.1, 0.15) is 30.0 Å². The molecule has 2 aliphatic heterocycles. The highest BCUT2D eigenvalue weighted by Gasteiger charge is 2.45. The van der Waals surface area contributed by atoms with Crippen LogP contribution in [-0.2, 0) is 34.8 Å². The van der Waals surface area contributed by atoms with Crippen molar-refractivity contribution in [1.29, 1.82) is 0 Å². The van der Waals surface area contributed by atoms with Crippen molar-refractivity contribution in [1.82, 2.24) is 9.55 Å². The number of aromatic nitrogens is 3. The molecule has 9 heteroatoms. The fourth-order valence-corrected chi connectivity index (χ4v) is 4.95. The second-order valence-corrected chi connectivity index (χ2v) is 9.06. The highest BCUT2D eigenvalue weighted by atomic mass is 19.1. The summed E-state index contributed by atoms with van der Waals surface area (Å²) in [7, 11) is 0. The number of ether oxygens (including phenoxy) is 2. The lowest BCUT2D eigenvalue weighted by molar-refractivity contribution is -0.698. The van der Waals surface area contributed by atoms with Crippen molar-refractivity contribution in [2.45, 2.75) is 38.6 Å². The summed E-state index contributed by atoms with van der Waals surface area (Å²) in [5.41, 5.74) is 1.27. The molecule has 6 rings (SSSR count). The number of benzene rings is 1. The number of carbonyl (C=O) groups excluding carboxylic acids is 1. The van der Waals surface area contributed by atoms with Crippen LogP contribution in [0.2, 0.25) is 0 Å². The standard InChI is InChI=1S/C27H23FN3O5/c1-2-27(34)21-12-23-24-17(13-31(23)25(32)20(21)15-36-26(27)33)10-16-11-19(5-6-22(16)29-24)35-9-8-30-7-3-4-18(28)14-30/h3-7,10-12,14,34H,2,8-9,13,15H2,1H3/q+1/t27-/m0/s1. The van der Waals surface area contributed by atoms with Crippen LogP contribution in [0.4, 0.5) is 4.39 Å². The zero-order valence-electron chi connectivity index (χ0n) is 19.5. The van der Waals surface area contributed by atoms with Crippen LogP contribution < -0.4 is 14.9 Å². The van der Waals surface area contributed by atoms with Crippen molar-refractivity contribution in [2.75, 3.05) is 6.61 Å². The third kappa shape index (κ3) is 3.46. The summed E-state index contributed by atoms with van der Waals surface area (Å²) in [4.78, 5) is 30.4. The number of fused-ring (bicyclic) bond motifs is 5. The zero-order chi connectivity index (χ0) is 25.0. The third-order valence-electron chi connectivity index (χ3n) is 6.92. The van der Waals surface area contributed by atoms with E-state index >= 15 is 0 Å². The fourth-order valence-electron chi connectivity index (χ4n) is 4.95. The Balaban J connectivity index is 1.32. The first-order valence-corrected chi connectivity index (χ1v) is 11.8. The van der Waals surface area contributed by atoms with Gasteiger partial charge in [0.1, 0.15) is 19.0 Å². The van der Waals surface area contributed by atoms with Gasteiger partial charge in [0.15, 0.2) is 24.2 Å². The summed E-state index contributed by atoms with van der Waals surface area (Å²) in [6, 6.07) is 12.3. The topological polar surface area (TPSA) is 94.5 Å². The molecule has 0 bridgehead atoms. The number of rotatable bonds is 5. The van der Waals surface area contributed by atoms with Crippen LogP contribution >= 0.6 is 0 Å². The summed E-state index contributed by atoms with van der Waals surface area (Å²) in [5, 5.41) is 11.8. The minimum absolute atomic E-state index is 0.0974. The molecule has 0 aliphatic carbocycles. The Morgan fingerprint density at radius 1 is 1.25 bits per heavy atom. The predicted octanol–water partition coefficient (Wildman–Crippen LogP) is 2.59. The molecule has 0 unspecified atom stereocenters. The molecule has 0 radical (unpaired) electrons. The van der Waals surface area contributed by atoms with Gasteiger partial charge in [-0.15, -0.1) is 0 Å². The van der Waals surface area contributed by atoms with Crippen LogP contribution in [0.3, 0.4) is 0 Å². The molecule has 0 amide bonds. The van der Waals surface area contributed by atoms with Crippen LogP contribution in [0.15, 0.2) is 59.7 Å². The molecule has 0 saturated heterocycles. The van der Waals surface area contributed by atoms with Crippen LogP contribution in [0, 0.1) is 5.82 Å². The van der Waals surface area contributed by atoms with Gasteiger partial charge in [-0.2, -0.15) is 4.57 Å². The summed E-state index contributed by atoms with van der Waals surface area (Å²) in [6.45, 7) is 2.72. The maximum absolute atomic E-state index is 13.4. The number of pyridine rings is 3. The van der Waals surface area contributed by atoms with E-state index in [0.29, 0.717) is 48.0 Å². The Labute approximate surface area is 205 Å². The molecule has 3 aromatic heterocycles. The monoisotopic (exact) mass is 488 g/mol. The molecule has 0 fully saturated rings. The number of carbonyl (C=O) groups is 1. The average molecular weight is 488 g/mol. The summed E-state index contributed by atoms with van der Waals surface area (Å²) >= 11 is 0. The molecule has 182 valence electrons. The maximum atomic E-state index is 13.4. The number of cyclic esters (lactones) is 1. The first-order valence-electron chi connectivity index (χ1n) is 11.8. The molecule has 1 aromatic carbocycles. The average Bonchev–Trinajstić information content (AvgIpc) is 3.23. The predicted molar refractivity (Wildman–Crippen MR) is 127 cm³/mol. The van der Waals surface area contributed by atoms with Crippen LogP contribution in [0.5, 0.6) is 5.75 Å². The largest absolute Gasteiger partial charge is 0.487 e. The second kappa shape index (κ2) is 8.23. The fraction of sp³-hybridized carbons (Fsp3) is 0.259. The van der Waals surface area contributed by atoms with E-state index in [9.17, 15) is 19.1 Å². The minimum atomic E-state index is -1.85. The third-order valence-corrected chi connectivity index (χ3v) is 6.92. The van der Waals surface area contributed by atoms with E-state index in [4.69, 9.17) is 14.5 Å². The van der Waals surface area contributed by atoms with E-state index in [1.807, 2.05) is 24.3 Å². The Morgan fingerprint density at radius 3 is 2.92 bits per heavy atom. The number of hydrogen-bond acceptors (Lipinski definition) is 6. The molecule has 1 N–H and O–H groups in total. The molecule has 36 heavy (non-hydrogen) atoms. The van der Waals surface area contributed by atoms with E-state index in [0.717, 1.165) is 16.5 Å². The maximum Gasteiger partial charge on any atom is 0.343 e. The lowest BCUT2D eigenvalue weighted by Crippen LogP contribution is -2.44. The Bertz CT molecular complexity index is 1620. The second-order valence-electron chi connectivity index (χ2n) is 9.06. The van der Waals surface area contributed by atoms with Crippen molar-refractivity contribution in [3.8, 4) is 17.1 Å². The number of halogens is 1. The highest BCUT2D eigenvalue weighted by molar-refractivity contribution is 5.87. The van der Waals surface area contributed by atoms with Gasteiger partial charge in [0.25, 0.3) is 5.56 Å². The van der Waals surface area contributed by atoms with Crippen molar-refractivity contribution in [2.24, 2.45) is 0 Å². The van der Waals surface area contributed by atoms with Crippen LogP contribution in [0.25, 0.3) is 22.3 Å². The number of hydrogen-bond donors (Lipinski definition) is 1. The van der Waals surface area contributed by atoms with Gasteiger partial charge in [0.2, 0.25) is 6.20 Å². The van der Waals surface area contributed by atoms with Gasteiger partial charge in [-0.05, 0) is 42.8 Å². The quantitative estimate of drug-likeness (QED) is 0.302. The molecule has 0 saturated carbocycles. The van der Waals surface area contributed by atoms with E-state index in [2.05, 4.69) is 0 Å². The van der Waals surface area contributed by atoms with E-state index in [-0.39, 0.29) is 24.4 Å². The van der Waals surface area contributed by atoms with Gasteiger partial charge in [-0.25, -0.2) is 14.2 Å². The number of nitrogens with zero attached hydrogens (tertiary/aromatic N) is 3. The molecule has 5 heterocycles. The zero-order valence-corrected chi connectivity index (χ0v) is 19.5. The minimum Gasteiger partial charge on any atom is -0.487 e.